The molecule has 0 spiro atoms. The highest BCUT2D eigenvalue weighted by Gasteiger charge is 2.26. The summed E-state index contributed by atoms with van der Waals surface area (Å²) in [6.07, 6.45) is 3.25. The minimum absolute atomic E-state index is 0.316. The molecule has 0 amide bonds. The largest absolute Gasteiger partial charge is 0.491 e. The van der Waals surface area contributed by atoms with Crippen LogP contribution in [0.1, 0.15) is 38.7 Å². The van der Waals surface area contributed by atoms with Gasteiger partial charge in [0.15, 0.2) is 0 Å². The zero-order valence-electron chi connectivity index (χ0n) is 13.2. The van der Waals surface area contributed by atoms with Crippen LogP contribution in [0.2, 0.25) is 5.02 Å². The van der Waals surface area contributed by atoms with E-state index in [1.165, 1.54) is 19.3 Å². The molecule has 1 N–H and O–H groups in total. The molecule has 0 saturated carbocycles. The molecule has 21 heavy (non-hydrogen) atoms. The monoisotopic (exact) mass is 311 g/mol. The molecule has 0 aromatic heterocycles. The lowest BCUT2D eigenvalue weighted by Crippen LogP contribution is -2.48. The zero-order chi connectivity index (χ0) is 15.4. The lowest BCUT2D eigenvalue weighted by atomic mass is 9.97. The Morgan fingerprint density at radius 1 is 1.33 bits per heavy atom. The molecule has 1 aliphatic rings. The number of hydrogen-bond acceptors (Lipinski definition) is 3. The molecule has 1 aliphatic heterocycles. The Morgan fingerprint density at radius 3 is 2.62 bits per heavy atom. The Balaban J connectivity index is 1.83. The van der Waals surface area contributed by atoms with E-state index in [-0.39, 0.29) is 0 Å². The van der Waals surface area contributed by atoms with Crippen molar-refractivity contribution in [2.45, 2.75) is 58.2 Å². The zero-order valence-corrected chi connectivity index (χ0v) is 13.9. The van der Waals surface area contributed by atoms with E-state index in [4.69, 9.17) is 16.3 Å². The van der Waals surface area contributed by atoms with Gasteiger partial charge in [0.1, 0.15) is 18.5 Å². The van der Waals surface area contributed by atoms with Crippen molar-refractivity contribution in [3.05, 3.63) is 28.8 Å². The minimum Gasteiger partial charge on any atom is -0.491 e. The van der Waals surface area contributed by atoms with E-state index < -0.39 is 6.10 Å². The molecule has 3 nitrogen and oxygen atoms in total. The first-order chi connectivity index (χ1) is 9.97. The molecule has 1 aromatic rings. The summed E-state index contributed by atoms with van der Waals surface area (Å²) < 4.78 is 5.68. The van der Waals surface area contributed by atoms with Gasteiger partial charge in [-0.05, 0) is 57.4 Å². The average Bonchev–Trinajstić information content (AvgIpc) is 2.44. The summed E-state index contributed by atoms with van der Waals surface area (Å²) in [5.41, 5.74) is 0.988. The van der Waals surface area contributed by atoms with Crippen LogP contribution in [-0.2, 0) is 0 Å². The van der Waals surface area contributed by atoms with Crippen LogP contribution in [0.4, 0.5) is 0 Å². The normalized spacial score (nSPS) is 24.8. The van der Waals surface area contributed by atoms with Gasteiger partial charge in [0.05, 0.1) is 0 Å². The minimum atomic E-state index is -0.469. The summed E-state index contributed by atoms with van der Waals surface area (Å²) >= 11 is 5.99. The lowest BCUT2D eigenvalue weighted by molar-refractivity contribution is 0.0209. The maximum Gasteiger partial charge on any atom is 0.119 e. The van der Waals surface area contributed by atoms with Crippen LogP contribution < -0.4 is 4.74 Å². The Kier molecular flexibility index (Phi) is 5.91. The van der Waals surface area contributed by atoms with E-state index in [2.05, 4.69) is 18.7 Å². The standard InChI is InChI=1S/C17H26ClNO2/c1-12-9-16(7-8-17(12)18)21-11-15(20)10-19-13(2)5-4-6-14(19)3/h7-9,13-15,20H,4-6,10-11H2,1-3H3/t13-,14+,15-/m1/s1. The maximum atomic E-state index is 10.2. The third-order valence-electron chi connectivity index (χ3n) is 4.37. The van der Waals surface area contributed by atoms with Crippen molar-refractivity contribution in [1.82, 2.24) is 4.90 Å². The van der Waals surface area contributed by atoms with Gasteiger partial charge in [-0.2, -0.15) is 0 Å². The first kappa shape index (κ1) is 16.6. The Morgan fingerprint density at radius 2 is 2.00 bits per heavy atom. The number of piperidine rings is 1. The molecule has 1 heterocycles. The van der Waals surface area contributed by atoms with Crippen LogP contribution in [-0.4, -0.2) is 41.3 Å². The van der Waals surface area contributed by atoms with Crippen molar-refractivity contribution in [3.63, 3.8) is 0 Å². The van der Waals surface area contributed by atoms with Crippen LogP contribution in [0.25, 0.3) is 0 Å². The highest BCUT2D eigenvalue weighted by molar-refractivity contribution is 6.31. The summed E-state index contributed by atoms with van der Waals surface area (Å²) in [6.45, 7) is 7.42. The van der Waals surface area contributed by atoms with E-state index in [0.29, 0.717) is 25.2 Å². The molecule has 0 aliphatic carbocycles. The number of benzene rings is 1. The molecule has 0 radical (unpaired) electrons. The number of ether oxygens (including phenoxy) is 1. The average molecular weight is 312 g/mol. The SMILES string of the molecule is Cc1cc(OC[C@H](O)CN2[C@H](C)CCC[C@@H]2C)ccc1Cl. The second kappa shape index (κ2) is 7.48. The lowest BCUT2D eigenvalue weighted by Gasteiger charge is -2.40. The van der Waals surface area contributed by atoms with Crippen LogP contribution >= 0.6 is 11.6 Å². The molecule has 1 fully saturated rings. The fourth-order valence-electron chi connectivity index (χ4n) is 3.03. The summed E-state index contributed by atoms with van der Waals surface area (Å²) in [6, 6.07) is 6.66. The maximum absolute atomic E-state index is 10.2. The molecule has 0 bridgehead atoms. The third kappa shape index (κ3) is 4.60. The molecule has 0 unspecified atom stereocenters. The van der Waals surface area contributed by atoms with Gasteiger partial charge in [-0.25, -0.2) is 0 Å². The number of aryl methyl sites for hydroxylation is 1. The quantitative estimate of drug-likeness (QED) is 0.901. The van der Waals surface area contributed by atoms with Gasteiger partial charge < -0.3 is 9.84 Å². The van der Waals surface area contributed by atoms with Gasteiger partial charge in [-0.3, -0.25) is 4.90 Å². The van der Waals surface area contributed by atoms with E-state index in [0.717, 1.165) is 16.3 Å². The summed E-state index contributed by atoms with van der Waals surface area (Å²) in [5, 5.41) is 11.0. The van der Waals surface area contributed by atoms with Crippen LogP contribution in [0.3, 0.4) is 0 Å². The number of likely N-dealkylation sites (tertiary alicyclic amines) is 1. The molecule has 1 saturated heterocycles. The van der Waals surface area contributed by atoms with E-state index in [1.54, 1.807) is 0 Å². The topological polar surface area (TPSA) is 32.7 Å². The molecular formula is C17H26ClNO2. The molecule has 2 rings (SSSR count). The summed E-state index contributed by atoms with van der Waals surface area (Å²) in [7, 11) is 0. The van der Waals surface area contributed by atoms with Gasteiger partial charge in [-0.15, -0.1) is 0 Å². The Hall–Kier alpha value is -0.770. The van der Waals surface area contributed by atoms with Crippen LogP contribution in [0.5, 0.6) is 5.75 Å². The smallest absolute Gasteiger partial charge is 0.119 e. The van der Waals surface area contributed by atoms with Crippen molar-refractivity contribution in [2.24, 2.45) is 0 Å². The number of halogens is 1. The third-order valence-corrected chi connectivity index (χ3v) is 4.79. The van der Waals surface area contributed by atoms with Crippen molar-refractivity contribution in [1.29, 1.82) is 0 Å². The van der Waals surface area contributed by atoms with Gasteiger partial charge in [0, 0.05) is 23.7 Å². The fraction of sp³-hybridized carbons (Fsp3) is 0.647. The van der Waals surface area contributed by atoms with Crippen LogP contribution in [0.15, 0.2) is 18.2 Å². The van der Waals surface area contributed by atoms with Crippen molar-refractivity contribution in [3.8, 4) is 5.75 Å². The number of β-amino-alcohol motifs (C(OH)–C–C–N with tert-alkyl or cyclic N) is 1. The van der Waals surface area contributed by atoms with Crippen LogP contribution in [0, 0.1) is 6.92 Å². The molecule has 1 aromatic carbocycles. The Bertz CT molecular complexity index is 456. The van der Waals surface area contributed by atoms with Gasteiger partial charge >= 0.3 is 0 Å². The first-order valence-electron chi connectivity index (χ1n) is 7.80. The molecule has 3 atom stereocenters. The summed E-state index contributed by atoms with van der Waals surface area (Å²) in [4.78, 5) is 2.39. The highest BCUT2D eigenvalue weighted by atomic mass is 35.5. The Labute approximate surface area is 132 Å². The number of hydrogen-bond donors (Lipinski definition) is 1. The first-order valence-corrected chi connectivity index (χ1v) is 8.18. The van der Waals surface area contributed by atoms with E-state index >= 15 is 0 Å². The number of aliphatic hydroxyl groups is 1. The fourth-order valence-corrected chi connectivity index (χ4v) is 3.15. The predicted molar refractivity (Wildman–Crippen MR) is 87.2 cm³/mol. The number of rotatable bonds is 5. The molecule has 4 heteroatoms. The van der Waals surface area contributed by atoms with Crippen molar-refractivity contribution in [2.75, 3.05) is 13.2 Å². The van der Waals surface area contributed by atoms with E-state index in [9.17, 15) is 5.11 Å². The van der Waals surface area contributed by atoms with Gasteiger partial charge in [-0.1, -0.05) is 18.0 Å². The second-order valence-corrected chi connectivity index (χ2v) is 6.61. The number of nitrogens with zero attached hydrogens (tertiary/aromatic N) is 1. The van der Waals surface area contributed by atoms with Crippen molar-refractivity contribution >= 4 is 11.6 Å². The van der Waals surface area contributed by atoms with E-state index in [1.807, 2.05) is 25.1 Å². The molecule has 118 valence electrons. The summed E-state index contributed by atoms with van der Waals surface area (Å²) in [5.74, 6) is 0.760. The molecular weight excluding hydrogens is 286 g/mol. The number of aliphatic hydroxyl groups excluding tert-OH is 1. The van der Waals surface area contributed by atoms with Gasteiger partial charge in [0.2, 0.25) is 0 Å². The van der Waals surface area contributed by atoms with Gasteiger partial charge in [0.25, 0.3) is 0 Å². The predicted octanol–water partition coefficient (Wildman–Crippen LogP) is 3.65. The van der Waals surface area contributed by atoms with Crippen molar-refractivity contribution < 1.29 is 9.84 Å². The second-order valence-electron chi connectivity index (χ2n) is 6.20. The highest BCUT2D eigenvalue weighted by Crippen LogP contribution is 2.23.